The van der Waals surface area contributed by atoms with Crippen molar-refractivity contribution in [2.75, 3.05) is 18.4 Å². The van der Waals surface area contributed by atoms with Gasteiger partial charge in [-0.3, -0.25) is 0 Å². The third kappa shape index (κ3) is 2.75. The summed E-state index contributed by atoms with van der Waals surface area (Å²) in [5, 5.41) is 21.4. The molecule has 1 aromatic rings. The van der Waals surface area contributed by atoms with Crippen LogP contribution in [0.2, 0.25) is 0 Å². The SMILES string of the molecule is Cc1cccc(NC(=O)N2CC(O)C(O)C2)c1. The second kappa shape index (κ2) is 4.73. The lowest BCUT2D eigenvalue weighted by molar-refractivity contribution is 0.0572. The molecule has 2 atom stereocenters. The number of aliphatic hydroxyl groups excluding tert-OH is 2. The van der Waals surface area contributed by atoms with Crippen LogP contribution in [0.3, 0.4) is 0 Å². The van der Waals surface area contributed by atoms with E-state index in [1.54, 1.807) is 6.07 Å². The first-order valence-electron chi connectivity index (χ1n) is 5.55. The number of aryl methyl sites for hydroxylation is 1. The molecule has 0 aromatic heterocycles. The van der Waals surface area contributed by atoms with Gasteiger partial charge in [0.2, 0.25) is 0 Å². The second-order valence-electron chi connectivity index (χ2n) is 4.34. The van der Waals surface area contributed by atoms with Gasteiger partial charge in [0.15, 0.2) is 0 Å². The van der Waals surface area contributed by atoms with Crippen LogP contribution in [0.15, 0.2) is 24.3 Å². The summed E-state index contributed by atoms with van der Waals surface area (Å²) in [6, 6.07) is 7.16. The van der Waals surface area contributed by atoms with Crippen LogP contribution in [0.4, 0.5) is 10.5 Å². The number of carbonyl (C=O) groups is 1. The molecule has 2 amide bonds. The highest BCUT2D eigenvalue weighted by molar-refractivity contribution is 5.89. The molecule has 1 aliphatic rings. The lowest BCUT2D eigenvalue weighted by Crippen LogP contribution is -2.33. The third-order valence-corrected chi connectivity index (χ3v) is 2.82. The van der Waals surface area contributed by atoms with Crippen LogP contribution in [0, 0.1) is 6.92 Å². The highest BCUT2D eigenvalue weighted by atomic mass is 16.3. The summed E-state index contributed by atoms with van der Waals surface area (Å²) < 4.78 is 0. The van der Waals surface area contributed by atoms with E-state index in [2.05, 4.69) is 5.32 Å². The van der Waals surface area contributed by atoms with Gasteiger partial charge < -0.3 is 20.4 Å². The van der Waals surface area contributed by atoms with Crippen LogP contribution >= 0.6 is 0 Å². The zero-order valence-corrected chi connectivity index (χ0v) is 9.63. The Labute approximate surface area is 99.7 Å². The summed E-state index contributed by atoms with van der Waals surface area (Å²) in [6.07, 6.45) is -1.70. The number of nitrogens with zero attached hydrogens (tertiary/aromatic N) is 1. The van der Waals surface area contributed by atoms with Gasteiger partial charge in [-0.15, -0.1) is 0 Å². The molecule has 2 rings (SSSR count). The molecule has 0 bridgehead atoms. The Bertz CT molecular complexity index is 412. The Kier molecular flexibility index (Phi) is 3.31. The molecule has 1 heterocycles. The Morgan fingerprint density at radius 3 is 2.59 bits per heavy atom. The number of β-amino-alcohol motifs (C(OH)–C–C–N with tert-alkyl or cyclic N) is 2. The molecular weight excluding hydrogens is 220 g/mol. The topological polar surface area (TPSA) is 72.8 Å². The molecule has 1 aromatic carbocycles. The van der Waals surface area contributed by atoms with Gasteiger partial charge in [-0.25, -0.2) is 4.79 Å². The minimum absolute atomic E-state index is 0.165. The maximum Gasteiger partial charge on any atom is 0.322 e. The number of anilines is 1. The summed E-state index contributed by atoms with van der Waals surface area (Å²) in [5.74, 6) is 0. The van der Waals surface area contributed by atoms with Crippen molar-refractivity contribution < 1.29 is 15.0 Å². The molecule has 1 saturated heterocycles. The molecule has 1 fully saturated rings. The number of benzene rings is 1. The van der Waals surface area contributed by atoms with E-state index in [9.17, 15) is 15.0 Å². The Morgan fingerprint density at radius 1 is 1.35 bits per heavy atom. The molecule has 2 unspecified atom stereocenters. The van der Waals surface area contributed by atoms with Gasteiger partial charge >= 0.3 is 6.03 Å². The largest absolute Gasteiger partial charge is 0.388 e. The van der Waals surface area contributed by atoms with E-state index in [-0.39, 0.29) is 19.1 Å². The summed E-state index contributed by atoms with van der Waals surface area (Å²) in [6.45, 7) is 2.27. The van der Waals surface area contributed by atoms with Crippen LogP contribution < -0.4 is 5.32 Å². The maximum atomic E-state index is 11.8. The van der Waals surface area contributed by atoms with Crippen molar-refractivity contribution in [2.24, 2.45) is 0 Å². The summed E-state index contributed by atoms with van der Waals surface area (Å²) in [5.41, 5.74) is 1.77. The summed E-state index contributed by atoms with van der Waals surface area (Å²) in [4.78, 5) is 13.2. The summed E-state index contributed by atoms with van der Waals surface area (Å²) in [7, 11) is 0. The Balaban J connectivity index is 1.98. The maximum absolute atomic E-state index is 11.8. The molecule has 5 heteroatoms. The fraction of sp³-hybridized carbons (Fsp3) is 0.417. The van der Waals surface area contributed by atoms with Gasteiger partial charge in [0.1, 0.15) is 0 Å². The molecule has 0 spiro atoms. The fourth-order valence-electron chi connectivity index (χ4n) is 1.86. The van der Waals surface area contributed by atoms with Gasteiger partial charge in [-0.05, 0) is 24.6 Å². The van der Waals surface area contributed by atoms with Crippen LogP contribution in [0.1, 0.15) is 5.56 Å². The van der Waals surface area contributed by atoms with Gasteiger partial charge in [0.25, 0.3) is 0 Å². The minimum Gasteiger partial charge on any atom is -0.388 e. The zero-order valence-electron chi connectivity index (χ0n) is 9.63. The molecule has 1 aliphatic heterocycles. The first kappa shape index (κ1) is 11.9. The van der Waals surface area contributed by atoms with E-state index in [0.29, 0.717) is 5.69 Å². The third-order valence-electron chi connectivity index (χ3n) is 2.82. The smallest absolute Gasteiger partial charge is 0.322 e. The first-order chi connectivity index (χ1) is 8.06. The first-order valence-corrected chi connectivity index (χ1v) is 5.55. The second-order valence-corrected chi connectivity index (χ2v) is 4.34. The molecule has 17 heavy (non-hydrogen) atoms. The van der Waals surface area contributed by atoms with Crippen LogP contribution in [0.5, 0.6) is 0 Å². The van der Waals surface area contributed by atoms with Crippen LogP contribution in [0.25, 0.3) is 0 Å². The van der Waals surface area contributed by atoms with Crippen LogP contribution in [-0.2, 0) is 0 Å². The number of hydrogen-bond acceptors (Lipinski definition) is 3. The number of aliphatic hydroxyl groups is 2. The van der Waals surface area contributed by atoms with Crippen molar-refractivity contribution >= 4 is 11.7 Å². The van der Waals surface area contributed by atoms with E-state index in [4.69, 9.17) is 0 Å². The van der Waals surface area contributed by atoms with Crippen molar-refractivity contribution in [3.63, 3.8) is 0 Å². The normalized spacial score (nSPS) is 23.8. The monoisotopic (exact) mass is 236 g/mol. The van der Waals surface area contributed by atoms with E-state index in [1.807, 2.05) is 25.1 Å². The van der Waals surface area contributed by atoms with Gasteiger partial charge in [-0.2, -0.15) is 0 Å². The van der Waals surface area contributed by atoms with Gasteiger partial charge in [0.05, 0.1) is 25.3 Å². The lowest BCUT2D eigenvalue weighted by atomic mass is 10.2. The van der Waals surface area contributed by atoms with E-state index in [0.717, 1.165) is 5.56 Å². The number of carbonyl (C=O) groups excluding carboxylic acids is 1. The summed E-state index contributed by atoms with van der Waals surface area (Å²) >= 11 is 0. The van der Waals surface area contributed by atoms with Crippen molar-refractivity contribution in [3.8, 4) is 0 Å². The molecule has 3 N–H and O–H groups in total. The molecule has 5 nitrogen and oxygen atoms in total. The molecule has 0 aliphatic carbocycles. The molecule has 92 valence electrons. The average Bonchev–Trinajstić information content (AvgIpc) is 2.59. The van der Waals surface area contributed by atoms with Gasteiger partial charge in [-0.1, -0.05) is 12.1 Å². The van der Waals surface area contributed by atoms with Gasteiger partial charge in [0, 0.05) is 5.69 Å². The van der Waals surface area contributed by atoms with Crippen molar-refractivity contribution in [2.45, 2.75) is 19.1 Å². The van der Waals surface area contributed by atoms with Crippen LogP contribution in [-0.4, -0.2) is 46.4 Å². The standard InChI is InChI=1S/C12H16N2O3/c1-8-3-2-4-9(5-8)13-12(17)14-6-10(15)11(16)7-14/h2-5,10-11,15-16H,6-7H2,1H3,(H,13,17). The average molecular weight is 236 g/mol. The zero-order chi connectivity index (χ0) is 12.4. The highest BCUT2D eigenvalue weighted by Gasteiger charge is 2.32. The Hall–Kier alpha value is -1.59. The number of rotatable bonds is 1. The van der Waals surface area contributed by atoms with Crippen molar-refractivity contribution in [3.05, 3.63) is 29.8 Å². The van der Waals surface area contributed by atoms with E-state index in [1.165, 1.54) is 4.90 Å². The molecular formula is C12H16N2O3. The number of amides is 2. The predicted molar refractivity (Wildman–Crippen MR) is 63.8 cm³/mol. The molecule has 0 saturated carbocycles. The van der Waals surface area contributed by atoms with Crippen molar-refractivity contribution in [1.29, 1.82) is 0 Å². The number of likely N-dealkylation sites (tertiary alicyclic amines) is 1. The fourth-order valence-corrected chi connectivity index (χ4v) is 1.86. The predicted octanol–water partition coefficient (Wildman–Crippen LogP) is 0.564. The number of urea groups is 1. The lowest BCUT2D eigenvalue weighted by Gasteiger charge is -2.16. The van der Waals surface area contributed by atoms with E-state index >= 15 is 0 Å². The van der Waals surface area contributed by atoms with Crippen molar-refractivity contribution in [1.82, 2.24) is 4.90 Å². The molecule has 0 radical (unpaired) electrons. The highest BCUT2D eigenvalue weighted by Crippen LogP contribution is 2.14. The number of nitrogens with one attached hydrogen (secondary N) is 1. The Morgan fingerprint density at radius 2 is 2.00 bits per heavy atom. The van der Waals surface area contributed by atoms with E-state index < -0.39 is 12.2 Å². The number of hydrogen-bond donors (Lipinski definition) is 3. The minimum atomic E-state index is -0.849. The quantitative estimate of drug-likeness (QED) is 0.667.